The Morgan fingerprint density at radius 1 is 1.27 bits per heavy atom. The summed E-state index contributed by atoms with van der Waals surface area (Å²) in [6.07, 6.45) is 0. The van der Waals surface area contributed by atoms with E-state index in [1.165, 1.54) is 17.1 Å². The molecule has 0 amide bonds. The van der Waals surface area contributed by atoms with Crippen LogP contribution in [0.5, 0.6) is 5.75 Å². The second-order valence-corrected chi connectivity index (χ2v) is 6.81. The number of aromatic hydroxyl groups is 1. The number of piperazine rings is 1. The molecule has 2 heterocycles. The lowest BCUT2D eigenvalue weighted by molar-refractivity contribution is 0.373. The lowest BCUT2D eigenvalue weighted by Crippen LogP contribution is -2.52. The zero-order valence-corrected chi connectivity index (χ0v) is 17.8. The second-order valence-electron chi connectivity index (χ2n) is 5.88. The van der Waals surface area contributed by atoms with E-state index in [2.05, 4.69) is 37.6 Å². The maximum absolute atomic E-state index is 13.5. The molecule has 2 aromatic rings. The average molecular weight is 490 g/mol. The third kappa shape index (κ3) is 5.23. The van der Waals surface area contributed by atoms with E-state index in [9.17, 15) is 9.50 Å². The molecule has 0 saturated carbocycles. The van der Waals surface area contributed by atoms with Gasteiger partial charge in [-0.1, -0.05) is 6.07 Å². The lowest BCUT2D eigenvalue weighted by Gasteiger charge is -2.37. The first kappa shape index (κ1) is 20.8. The minimum atomic E-state index is -0.609. The van der Waals surface area contributed by atoms with Gasteiger partial charge in [0.25, 0.3) is 0 Å². The average Bonchev–Trinajstić information content (AvgIpc) is 3.16. The monoisotopic (exact) mass is 490 g/mol. The Hall–Kier alpha value is -1.55. The van der Waals surface area contributed by atoms with Crippen molar-refractivity contribution in [2.24, 2.45) is 4.99 Å². The topological polar surface area (TPSA) is 51.1 Å². The van der Waals surface area contributed by atoms with Crippen LogP contribution < -0.4 is 10.2 Å². The molecule has 26 heavy (non-hydrogen) atoms. The summed E-state index contributed by atoms with van der Waals surface area (Å²) in [4.78, 5) is 9.26. The van der Waals surface area contributed by atoms with Gasteiger partial charge in [-0.25, -0.2) is 9.38 Å². The summed E-state index contributed by atoms with van der Waals surface area (Å²) in [7, 11) is 0. The standard InChI is InChI=1S/C18H23FN4OS.HI/c1-2-20-18(21-13-14-5-6-16(24)15(19)12-14)23-9-7-22(8-10-23)17-4-3-11-25-17;/h3-6,11-12,24H,2,7-10,13H2,1H3,(H,20,21);1H. The van der Waals surface area contributed by atoms with Crippen molar-refractivity contribution >= 4 is 46.3 Å². The van der Waals surface area contributed by atoms with Gasteiger partial charge in [0.05, 0.1) is 11.5 Å². The number of anilines is 1. The molecular weight excluding hydrogens is 466 g/mol. The Kier molecular flexibility index (Phi) is 7.95. The predicted octanol–water partition coefficient (Wildman–Crippen LogP) is 3.50. The van der Waals surface area contributed by atoms with Crippen molar-refractivity contribution in [1.82, 2.24) is 10.2 Å². The summed E-state index contributed by atoms with van der Waals surface area (Å²) in [6, 6.07) is 8.62. The fourth-order valence-electron chi connectivity index (χ4n) is 2.83. The Labute approximate surface area is 174 Å². The minimum absolute atomic E-state index is 0. The van der Waals surface area contributed by atoms with E-state index in [0.29, 0.717) is 6.54 Å². The molecule has 1 aromatic carbocycles. The van der Waals surface area contributed by atoms with Gasteiger partial charge in [0.15, 0.2) is 17.5 Å². The van der Waals surface area contributed by atoms with Crippen molar-refractivity contribution < 1.29 is 9.50 Å². The number of hydrogen-bond donors (Lipinski definition) is 2. The highest BCUT2D eigenvalue weighted by Crippen LogP contribution is 2.22. The summed E-state index contributed by atoms with van der Waals surface area (Å²) in [5.41, 5.74) is 0.739. The van der Waals surface area contributed by atoms with E-state index in [-0.39, 0.29) is 29.7 Å². The number of halogens is 2. The summed E-state index contributed by atoms with van der Waals surface area (Å²) in [5, 5.41) is 16.0. The third-order valence-corrected chi connectivity index (χ3v) is 5.08. The van der Waals surface area contributed by atoms with Crippen molar-refractivity contribution in [3.05, 3.63) is 47.1 Å². The maximum atomic E-state index is 13.5. The molecule has 0 bridgehead atoms. The molecule has 0 aliphatic carbocycles. The van der Waals surface area contributed by atoms with E-state index in [0.717, 1.165) is 44.2 Å². The number of phenols is 1. The number of benzene rings is 1. The van der Waals surface area contributed by atoms with Crippen LogP contribution >= 0.6 is 35.3 Å². The molecule has 1 saturated heterocycles. The molecule has 3 rings (SSSR count). The van der Waals surface area contributed by atoms with Gasteiger partial charge >= 0.3 is 0 Å². The van der Waals surface area contributed by atoms with Crippen LogP contribution in [0.4, 0.5) is 9.39 Å². The zero-order valence-electron chi connectivity index (χ0n) is 14.7. The molecule has 1 aliphatic rings. The Morgan fingerprint density at radius 2 is 2.04 bits per heavy atom. The first-order chi connectivity index (χ1) is 12.2. The van der Waals surface area contributed by atoms with Crippen molar-refractivity contribution in [1.29, 1.82) is 0 Å². The van der Waals surface area contributed by atoms with Crippen LogP contribution in [-0.2, 0) is 6.54 Å². The highest BCUT2D eigenvalue weighted by molar-refractivity contribution is 14.0. The van der Waals surface area contributed by atoms with E-state index < -0.39 is 5.82 Å². The molecule has 1 aromatic heterocycles. The summed E-state index contributed by atoms with van der Waals surface area (Å²) >= 11 is 1.76. The molecule has 1 aliphatic heterocycles. The summed E-state index contributed by atoms with van der Waals surface area (Å²) in [5.74, 6) is -0.0894. The molecule has 1 fully saturated rings. The van der Waals surface area contributed by atoms with Crippen LogP contribution in [0.2, 0.25) is 0 Å². The molecular formula is C18H24FIN4OS. The number of hydrogen-bond acceptors (Lipinski definition) is 4. The van der Waals surface area contributed by atoms with E-state index in [1.54, 1.807) is 17.4 Å². The number of aliphatic imine (C=N–C) groups is 1. The van der Waals surface area contributed by atoms with E-state index >= 15 is 0 Å². The van der Waals surface area contributed by atoms with Gasteiger partial charge in [0.1, 0.15) is 0 Å². The number of guanidine groups is 1. The molecule has 2 N–H and O–H groups in total. The second kappa shape index (κ2) is 9.96. The predicted molar refractivity (Wildman–Crippen MR) is 116 cm³/mol. The van der Waals surface area contributed by atoms with E-state index in [4.69, 9.17) is 0 Å². The normalized spacial score (nSPS) is 14.9. The first-order valence-corrected chi connectivity index (χ1v) is 9.34. The molecule has 0 atom stereocenters. The van der Waals surface area contributed by atoms with Gasteiger partial charge in [-0.2, -0.15) is 0 Å². The van der Waals surface area contributed by atoms with Crippen LogP contribution in [0.1, 0.15) is 12.5 Å². The molecule has 8 heteroatoms. The van der Waals surface area contributed by atoms with Gasteiger partial charge in [0.2, 0.25) is 0 Å². The Bertz CT molecular complexity index is 718. The van der Waals surface area contributed by atoms with Crippen molar-refractivity contribution in [2.45, 2.75) is 13.5 Å². The van der Waals surface area contributed by atoms with Crippen molar-refractivity contribution in [3.63, 3.8) is 0 Å². The van der Waals surface area contributed by atoms with Crippen LogP contribution in [0.25, 0.3) is 0 Å². The number of thiophene rings is 1. The Morgan fingerprint density at radius 3 is 2.65 bits per heavy atom. The van der Waals surface area contributed by atoms with Crippen LogP contribution in [0.15, 0.2) is 40.7 Å². The zero-order chi connectivity index (χ0) is 17.6. The number of nitrogens with one attached hydrogen (secondary N) is 1. The quantitative estimate of drug-likeness (QED) is 0.392. The van der Waals surface area contributed by atoms with Crippen molar-refractivity contribution in [2.75, 3.05) is 37.6 Å². The third-order valence-electron chi connectivity index (χ3n) is 4.16. The van der Waals surface area contributed by atoms with Gasteiger partial charge in [-0.15, -0.1) is 35.3 Å². The number of rotatable bonds is 4. The molecule has 5 nitrogen and oxygen atoms in total. The highest BCUT2D eigenvalue weighted by atomic mass is 127. The SMILES string of the molecule is CCNC(=NCc1ccc(O)c(F)c1)N1CCN(c2cccs2)CC1.I. The van der Waals surface area contributed by atoms with Crippen LogP contribution in [-0.4, -0.2) is 48.7 Å². The fraction of sp³-hybridized carbons (Fsp3) is 0.389. The first-order valence-electron chi connectivity index (χ1n) is 8.46. The smallest absolute Gasteiger partial charge is 0.194 e. The van der Waals surface area contributed by atoms with Gasteiger partial charge < -0.3 is 20.2 Å². The molecule has 0 radical (unpaired) electrons. The lowest BCUT2D eigenvalue weighted by atomic mass is 10.2. The number of nitrogens with zero attached hydrogens (tertiary/aromatic N) is 3. The molecule has 142 valence electrons. The fourth-order valence-corrected chi connectivity index (χ4v) is 3.61. The van der Waals surface area contributed by atoms with Gasteiger partial charge in [0, 0.05) is 32.7 Å². The minimum Gasteiger partial charge on any atom is -0.505 e. The van der Waals surface area contributed by atoms with Gasteiger partial charge in [-0.3, -0.25) is 0 Å². The van der Waals surface area contributed by atoms with Crippen LogP contribution in [0.3, 0.4) is 0 Å². The highest BCUT2D eigenvalue weighted by Gasteiger charge is 2.20. The number of phenolic OH excluding ortho intramolecular Hbond substituents is 1. The summed E-state index contributed by atoms with van der Waals surface area (Å²) < 4.78 is 13.5. The van der Waals surface area contributed by atoms with Gasteiger partial charge in [-0.05, 0) is 42.1 Å². The maximum Gasteiger partial charge on any atom is 0.194 e. The summed E-state index contributed by atoms with van der Waals surface area (Å²) in [6.45, 7) is 6.91. The Balaban J connectivity index is 0.00000243. The van der Waals surface area contributed by atoms with E-state index in [1.807, 2.05) is 6.92 Å². The van der Waals surface area contributed by atoms with Crippen LogP contribution in [0, 0.1) is 5.82 Å². The molecule has 0 unspecified atom stereocenters. The van der Waals surface area contributed by atoms with Crippen molar-refractivity contribution in [3.8, 4) is 5.75 Å². The largest absolute Gasteiger partial charge is 0.505 e. The molecule has 0 spiro atoms.